The molecule has 1 aliphatic rings. The normalized spacial score (nSPS) is 15.0. The number of benzene rings is 1. The molecule has 7 nitrogen and oxygen atoms in total. The third kappa shape index (κ3) is 3.64. The first-order chi connectivity index (χ1) is 12.0. The van der Waals surface area contributed by atoms with Gasteiger partial charge in [0, 0.05) is 26.3 Å². The minimum atomic E-state index is -3.70. The fraction of sp³-hybridized carbons (Fsp3) is 0.294. The van der Waals surface area contributed by atoms with Gasteiger partial charge >= 0.3 is 0 Å². The maximum atomic E-state index is 12.7. The van der Waals surface area contributed by atoms with E-state index in [4.69, 9.17) is 4.74 Å². The summed E-state index contributed by atoms with van der Waals surface area (Å²) in [4.78, 5) is 18.5. The summed E-state index contributed by atoms with van der Waals surface area (Å²) < 4.78 is 31.8. The van der Waals surface area contributed by atoms with E-state index in [0.717, 1.165) is 4.31 Å². The molecule has 25 heavy (non-hydrogen) atoms. The molecule has 0 unspecified atom stereocenters. The zero-order valence-corrected chi connectivity index (χ0v) is 14.6. The van der Waals surface area contributed by atoms with Crippen LogP contribution in [0.15, 0.2) is 53.6 Å². The fourth-order valence-corrected chi connectivity index (χ4v) is 3.76. The quantitative estimate of drug-likeness (QED) is 0.822. The monoisotopic (exact) mass is 361 g/mol. The van der Waals surface area contributed by atoms with Crippen molar-refractivity contribution in [2.45, 2.75) is 4.90 Å². The Hall–Kier alpha value is -2.45. The predicted molar refractivity (Wildman–Crippen MR) is 93.0 cm³/mol. The first kappa shape index (κ1) is 17.4. The van der Waals surface area contributed by atoms with Gasteiger partial charge < -0.3 is 9.64 Å². The van der Waals surface area contributed by atoms with E-state index in [1.165, 1.54) is 31.4 Å². The molecule has 0 N–H and O–H groups in total. The van der Waals surface area contributed by atoms with E-state index < -0.39 is 10.0 Å². The van der Waals surface area contributed by atoms with Crippen LogP contribution in [0.4, 0.5) is 5.69 Å². The molecule has 0 saturated carbocycles. The fourth-order valence-electron chi connectivity index (χ4n) is 2.55. The summed E-state index contributed by atoms with van der Waals surface area (Å²) in [5.74, 6) is -0.226. The van der Waals surface area contributed by atoms with Gasteiger partial charge in [0.25, 0.3) is 15.9 Å². The highest BCUT2D eigenvalue weighted by atomic mass is 32.2. The lowest BCUT2D eigenvalue weighted by Gasteiger charge is -2.27. The molecule has 0 bridgehead atoms. The van der Waals surface area contributed by atoms with Crippen LogP contribution in [0.2, 0.25) is 0 Å². The highest BCUT2D eigenvalue weighted by Gasteiger charge is 2.24. The Kier molecular flexibility index (Phi) is 5.00. The van der Waals surface area contributed by atoms with Gasteiger partial charge in [0.1, 0.15) is 5.69 Å². The Morgan fingerprint density at radius 3 is 2.52 bits per heavy atom. The number of hydrogen-bond donors (Lipinski definition) is 0. The molecule has 0 atom stereocenters. The van der Waals surface area contributed by atoms with Crippen LogP contribution in [0.3, 0.4) is 0 Å². The van der Waals surface area contributed by atoms with E-state index in [2.05, 4.69) is 4.98 Å². The summed E-state index contributed by atoms with van der Waals surface area (Å²) in [6.45, 7) is 1.99. The SMILES string of the molecule is CN(c1ccnc(C(=O)N2CCOCC2)c1)S(=O)(=O)c1ccccc1. The Labute approximate surface area is 146 Å². The number of aromatic nitrogens is 1. The average molecular weight is 361 g/mol. The van der Waals surface area contributed by atoms with E-state index in [-0.39, 0.29) is 16.5 Å². The van der Waals surface area contributed by atoms with Crippen molar-refractivity contribution in [1.29, 1.82) is 0 Å². The van der Waals surface area contributed by atoms with Gasteiger partial charge in [-0.2, -0.15) is 0 Å². The van der Waals surface area contributed by atoms with Gasteiger partial charge in [-0.25, -0.2) is 8.42 Å². The van der Waals surface area contributed by atoms with Gasteiger partial charge in [-0.1, -0.05) is 18.2 Å². The number of hydrogen-bond acceptors (Lipinski definition) is 5. The lowest BCUT2D eigenvalue weighted by atomic mass is 10.2. The van der Waals surface area contributed by atoms with Crippen LogP contribution in [-0.4, -0.2) is 57.6 Å². The summed E-state index contributed by atoms with van der Waals surface area (Å²) in [7, 11) is -2.24. The van der Waals surface area contributed by atoms with Gasteiger partial charge in [-0.15, -0.1) is 0 Å². The molecule has 1 aliphatic heterocycles. The Bertz CT molecular complexity index is 849. The molecule has 2 heterocycles. The standard InChI is InChI=1S/C17H19N3O4S/c1-19(25(22,23)15-5-3-2-4-6-15)14-7-8-18-16(13-14)17(21)20-9-11-24-12-10-20/h2-8,13H,9-12H2,1H3. The largest absolute Gasteiger partial charge is 0.378 e. The van der Waals surface area contributed by atoms with Crippen molar-refractivity contribution in [3.05, 3.63) is 54.4 Å². The van der Waals surface area contributed by atoms with Crippen LogP contribution in [0.5, 0.6) is 0 Å². The van der Waals surface area contributed by atoms with Gasteiger partial charge in [0.05, 0.1) is 23.8 Å². The van der Waals surface area contributed by atoms with Crippen molar-refractivity contribution < 1.29 is 17.9 Å². The van der Waals surface area contributed by atoms with Crippen molar-refractivity contribution in [3.8, 4) is 0 Å². The molecule has 0 spiro atoms. The van der Waals surface area contributed by atoms with Gasteiger partial charge in [0.15, 0.2) is 0 Å². The second kappa shape index (κ2) is 7.20. The van der Waals surface area contributed by atoms with Crippen LogP contribution in [-0.2, 0) is 14.8 Å². The topological polar surface area (TPSA) is 79.8 Å². The smallest absolute Gasteiger partial charge is 0.272 e. The second-order valence-corrected chi connectivity index (χ2v) is 7.56. The third-order valence-corrected chi connectivity index (χ3v) is 5.83. The zero-order valence-electron chi connectivity index (χ0n) is 13.8. The Morgan fingerprint density at radius 1 is 1.16 bits per heavy atom. The van der Waals surface area contributed by atoms with Gasteiger partial charge in [-0.05, 0) is 24.3 Å². The van der Waals surface area contributed by atoms with Crippen molar-refractivity contribution in [1.82, 2.24) is 9.88 Å². The molecule has 0 aliphatic carbocycles. The number of sulfonamides is 1. The molecule has 0 radical (unpaired) electrons. The maximum Gasteiger partial charge on any atom is 0.272 e. The van der Waals surface area contributed by atoms with Crippen molar-refractivity contribution in [3.63, 3.8) is 0 Å². The van der Waals surface area contributed by atoms with Crippen LogP contribution < -0.4 is 4.31 Å². The van der Waals surface area contributed by atoms with Crippen molar-refractivity contribution in [2.24, 2.45) is 0 Å². The van der Waals surface area contributed by atoms with E-state index in [9.17, 15) is 13.2 Å². The molecular formula is C17H19N3O4S. The van der Waals surface area contributed by atoms with Crippen LogP contribution in [0, 0.1) is 0 Å². The number of ether oxygens (including phenoxy) is 1. The predicted octanol–water partition coefficient (Wildman–Crippen LogP) is 1.38. The molecule has 132 valence electrons. The minimum Gasteiger partial charge on any atom is -0.378 e. The summed E-state index contributed by atoms with van der Waals surface area (Å²) in [6.07, 6.45) is 1.44. The number of anilines is 1. The third-order valence-electron chi connectivity index (χ3n) is 4.03. The van der Waals surface area contributed by atoms with Crippen LogP contribution in [0.1, 0.15) is 10.5 Å². The van der Waals surface area contributed by atoms with E-state index in [0.29, 0.717) is 32.0 Å². The summed E-state index contributed by atoms with van der Waals surface area (Å²) in [5.41, 5.74) is 0.602. The lowest BCUT2D eigenvalue weighted by Crippen LogP contribution is -2.41. The molecule has 3 rings (SSSR count). The molecule has 1 amide bonds. The highest BCUT2D eigenvalue weighted by Crippen LogP contribution is 2.22. The van der Waals surface area contributed by atoms with Gasteiger partial charge in [-0.3, -0.25) is 14.1 Å². The number of pyridine rings is 1. The summed E-state index contributed by atoms with van der Waals surface area (Å²) >= 11 is 0. The van der Waals surface area contributed by atoms with E-state index >= 15 is 0 Å². The van der Waals surface area contributed by atoms with E-state index in [1.807, 2.05) is 0 Å². The number of rotatable bonds is 4. The lowest BCUT2D eigenvalue weighted by molar-refractivity contribution is 0.0299. The van der Waals surface area contributed by atoms with Crippen LogP contribution in [0.25, 0.3) is 0 Å². The number of carbonyl (C=O) groups excluding carboxylic acids is 1. The molecular weight excluding hydrogens is 342 g/mol. The molecule has 8 heteroatoms. The highest BCUT2D eigenvalue weighted by molar-refractivity contribution is 7.92. The molecule has 1 fully saturated rings. The zero-order chi connectivity index (χ0) is 17.9. The molecule has 1 aromatic carbocycles. The number of carbonyl (C=O) groups is 1. The van der Waals surface area contributed by atoms with Crippen molar-refractivity contribution >= 4 is 21.6 Å². The molecule has 2 aromatic rings. The first-order valence-corrected chi connectivity index (χ1v) is 9.31. The summed E-state index contributed by atoms with van der Waals surface area (Å²) in [6, 6.07) is 11.2. The number of morpholine rings is 1. The number of nitrogens with zero attached hydrogens (tertiary/aromatic N) is 3. The minimum absolute atomic E-state index is 0.190. The number of amides is 1. The summed E-state index contributed by atoms with van der Waals surface area (Å²) in [5, 5.41) is 0. The maximum absolute atomic E-state index is 12.7. The van der Waals surface area contributed by atoms with Crippen molar-refractivity contribution in [2.75, 3.05) is 37.7 Å². The molecule has 1 saturated heterocycles. The Balaban J connectivity index is 1.87. The molecule has 1 aromatic heterocycles. The Morgan fingerprint density at radius 2 is 1.84 bits per heavy atom. The average Bonchev–Trinajstić information content (AvgIpc) is 2.68. The van der Waals surface area contributed by atoms with Crippen LogP contribution >= 0.6 is 0 Å². The van der Waals surface area contributed by atoms with E-state index in [1.54, 1.807) is 29.2 Å². The first-order valence-electron chi connectivity index (χ1n) is 7.87. The van der Waals surface area contributed by atoms with Gasteiger partial charge in [0.2, 0.25) is 0 Å². The second-order valence-electron chi connectivity index (χ2n) is 5.59.